The third kappa shape index (κ3) is 5.83. The van der Waals surface area contributed by atoms with Crippen molar-refractivity contribution in [2.45, 2.75) is 72.1 Å². The molecule has 0 bridgehead atoms. The van der Waals surface area contributed by atoms with Crippen molar-refractivity contribution in [3.05, 3.63) is 64.2 Å². The van der Waals surface area contributed by atoms with Crippen molar-refractivity contribution < 1.29 is 14.6 Å². The van der Waals surface area contributed by atoms with Crippen molar-refractivity contribution in [2.75, 3.05) is 20.2 Å². The largest absolute Gasteiger partial charge is 0.507 e. The van der Waals surface area contributed by atoms with Crippen LogP contribution in [0.5, 0.6) is 11.5 Å². The number of benzene rings is 2. The predicted molar refractivity (Wildman–Crippen MR) is 149 cm³/mol. The molecule has 1 aliphatic rings. The number of hydrogen-bond acceptors (Lipinski definition) is 4. The molecule has 0 spiro atoms. The predicted octanol–water partition coefficient (Wildman–Crippen LogP) is 6.97. The number of likely N-dealkylation sites (tertiary alicyclic amines) is 1. The van der Waals surface area contributed by atoms with Gasteiger partial charge in [0.2, 0.25) is 0 Å². The second kappa shape index (κ2) is 10.5. The minimum absolute atomic E-state index is 0.0375. The van der Waals surface area contributed by atoms with E-state index in [0.29, 0.717) is 17.9 Å². The molecular weight excluding hydrogens is 448 g/mol. The molecular formula is C31H42N2O3. The average Bonchev–Trinajstić information content (AvgIpc) is 3.07. The third-order valence-corrected chi connectivity index (χ3v) is 6.94. The fourth-order valence-electron chi connectivity index (χ4n) is 4.91. The first kappa shape index (κ1) is 27.5. The maximum absolute atomic E-state index is 13.6. The van der Waals surface area contributed by atoms with Crippen LogP contribution in [0.15, 0.2) is 42.0 Å². The molecule has 0 aromatic heterocycles. The summed E-state index contributed by atoms with van der Waals surface area (Å²) < 4.78 is 5.52. The number of rotatable bonds is 7. The Morgan fingerprint density at radius 2 is 1.69 bits per heavy atom. The number of methoxy groups -OCH3 is 1. The highest BCUT2D eigenvalue weighted by Gasteiger charge is 2.34. The molecule has 0 radical (unpaired) electrons. The van der Waals surface area contributed by atoms with Gasteiger partial charge in [-0.15, -0.1) is 0 Å². The van der Waals surface area contributed by atoms with Gasteiger partial charge in [-0.25, -0.2) is 0 Å². The van der Waals surface area contributed by atoms with Gasteiger partial charge in [0.05, 0.1) is 13.7 Å². The fraction of sp³-hybridized carbons (Fsp3) is 0.484. The van der Waals surface area contributed by atoms with E-state index in [1.165, 1.54) is 0 Å². The van der Waals surface area contributed by atoms with E-state index in [2.05, 4.69) is 6.92 Å². The number of ether oxygens (including phenoxy) is 1. The summed E-state index contributed by atoms with van der Waals surface area (Å²) in [7, 11) is 1.65. The molecule has 2 N–H and O–H groups in total. The lowest BCUT2D eigenvalue weighted by atomic mass is 9.78. The van der Waals surface area contributed by atoms with Gasteiger partial charge < -0.3 is 14.7 Å². The van der Waals surface area contributed by atoms with Gasteiger partial charge in [0.15, 0.2) is 5.78 Å². The zero-order chi connectivity index (χ0) is 26.8. The van der Waals surface area contributed by atoms with Crippen LogP contribution in [-0.4, -0.2) is 41.8 Å². The smallest absolute Gasteiger partial charge is 0.182 e. The molecule has 0 saturated carbocycles. The Bertz CT molecular complexity index is 1130. The topological polar surface area (TPSA) is 73.6 Å². The number of carbonyl (C=O) groups is 1. The number of hydrogen-bond donors (Lipinski definition) is 2. The molecule has 1 aliphatic heterocycles. The van der Waals surface area contributed by atoms with Crippen LogP contribution in [0, 0.1) is 11.3 Å². The molecule has 0 aliphatic carbocycles. The zero-order valence-electron chi connectivity index (χ0n) is 23.2. The number of ketones is 1. The van der Waals surface area contributed by atoms with E-state index < -0.39 is 0 Å². The van der Waals surface area contributed by atoms with E-state index >= 15 is 0 Å². The van der Waals surface area contributed by atoms with Crippen molar-refractivity contribution >= 4 is 17.7 Å². The molecule has 194 valence electrons. The lowest BCUT2D eigenvalue weighted by Gasteiger charge is -2.28. The molecule has 2 aromatic rings. The fourth-order valence-corrected chi connectivity index (χ4v) is 4.91. The van der Waals surface area contributed by atoms with Gasteiger partial charge in [-0.3, -0.25) is 10.2 Å². The minimum Gasteiger partial charge on any atom is -0.507 e. The highest BCUT2D eigenvalue weighted by molar-refractivity contribution is 6.06. The second-order valence-corrected chi connectivity index (χ2v) is 11.9. The normalized spacial score (nSPS) is 17.7. The molecule has 5 nitrogen and oxygen atoms in total. The standard InChI is InChI=1S/C31H42N2O3/c1-9-12-21-18-33(29(32)23(21)15-20-13-10-11-14-27(20)36-8)19-26(34)22-16-24(30(2,3)4)28(35)25(17-22)31(5,6)7/h10-11,13-17,21,32,35H,9,12,18-19H2,1-8H3/b23-15-,32-29?. The lowest BCUT2D eigenvalue weighted by Crippen LogP contribution is -2.31. The van der Waals surface area contributed by atoms with Crippen LogP contribution in [0.25, 0.3) is 6.08 Å². The molecule has 0 amide bonds. The Labute approximate surface area is 216 Å². The number of phenols is 1. The van der Waals surface area contributed by atoms with E-state index in [1.54, 1.807) is 7.11 Å². The molecule has 36 heavy (non-hydrogen) atoms. The number of nitrogens with one attached hydrogen (secondary N) is 1. The Morgan fingerprint density at radius 1 is 1.11 bits per heavy atom. The van der Waals surface area contributed by atoms with Gasteiger partial charge in [-0.05, 0) is 47.1 Å². The summed E-state index contributed by atoms with van der Waals surface area (Å²) in [6.07, 6.45) is 4.00. The van der Waals surface area contributed by atoms with Gasteiger partial charge in [0.25, 0.3) is 0 Å². The second-order valence-electron chi connectivity index (χ2n) is 11.9. The minimum atomic E-state index is -0.308. The van der Waals surface area contributed by atoms with Crippen LogP contribution >= 0.6 is 0 Å². The molecule has 1 unspecified atom stereocenters. The summed E-state index contributed by atoms with van der Waals surface area (Å²) in [5.74, 6) is 1.60. The first-order chi connectivity index (χ1) is 16.8. The van der Waals surface area contributed by atoms with Gasteiger partial charge in [0.1, 0.15) is 17.3 Å². The Kier molecular flexibility index (Phi) is 8.02. The van der Waals surface area contributed by atoms with E-state index in [-0.39, 0.29) is 34.8 Å². The Balaban J connectivity index is 1.96. The van der Waals surface area contributed by atoms with Crippen molar-refractivity contribution in [3.8, 4) is 11.5 Å². The number of phenolic OH excluding ortho intramolecular Hbond substituents is 1. The average molecular weight is 491 g/mol. The molecule has 5 heteroatoms. The van der Waals surface area contributed by atoms with Crippen molar-refractivity contribution in [1.29, 1.82) is 5.41 Å². The maximum Gasteiger partial charge on any atom is 0.182 e. The van der Waals surface area contributed by atoms with Gasteiger partial charge >= 0.3 is 0 Å². The monoisotopic (exact) mass is 490 g/mol. The van der Waals surface area contributed by atoms with Crippen LogP contribution < -0.4 is 4.74 Å². The zero-order valence-corrected chi connectivity index (χ0v) is 23.2. The van der Waals surface area contributed by atoms with Crippen molar-refractivity contribution in [2.24, 2.45) is 5.92 Å². The third-order valence-electron chi connectivity index (χ3n) is 6.94. The summed E-state index contributed by atoms with van der Waals surface area (Å²) in [4.78, 5) is 15.5. The van der Waals surface area contributed by atoms with E-state index in [1.807, 2.05) is 88.9 Å². The molecule has 1 fully saturated rings. The SMILES string of the molecule is CCCC1CN(CC(=O)c2cc(C(C)(C)C)c(O)c(C(C)(C)C)c2)C(=N)/C1=C\c1ccccc1OC. The molecule has 3 rings (SSSR count). The molecule has 1 heterocycles. The summed E-state index contributed by atoms with van der Waals surface area (Å²) >= 11 is 0. The number of carbonyl (C=O) groups excluding carboxylic acids is 1. The summed E-state index contributed by atoms with van der Waals surface area (Å²) in [6.45, 7) is 15.2. The van der Waals surface area contributed by atoms with E-state index in [0.717, 1.165) is 40.9 Å². The molecule has 2 aromatic carbocycles. The first-order valence-electron chi connectivity index (χ1n) is 12.9. The van der Waals surface area contributed by atoms with Crippen LogP contribution in [0.1, 0.15) is 88.4 Å². The number of para-hydroxylation sites is 1. The van der Waals surface area contributed by atoms with Crippen LogP contribution in [0.4, 0.5) is 0 Å². The highest BCUT2D eigenvalue weighted by atomic mass is 16.5. The Hall–Kier alpha value is -3.08. The van der Waals surface area contributed by atoms with Crippen LogP contribution in [0.2, 0.25) is 0 Å². The van der Waals surface area contributed by atoms with Crippen LogP contribution in [-0.2, 0) is 10.8 Å². The summed E-state index contributed by atoms with van der Waals surface area (Å²) in [5.41, 5.74) is 3.41. The van der Waals surface area contributed by atoms with Gasteiger partial charge in [-0.1, -0.05) is 73.1 Å². The van der Waals surface area contributed by atoms with Crippen molar-refractivity contribution in [1.82, 2.24) is 4.90 Å². The number of Topliss-reactive ketones (excluding diaryl/α,β-unsaturated/α-hetero) is 1. The van der Waals surface area contributed by atoms with Crippen LogP contribution in [0.3, 0.4) is 0 Å². The maximum atomic E-state index is 13.6. The first-order valence-corrected chi connectivity index (χ1v) is 12.9. The molecule has 1 saturated heterocycles. The van der Waals surface area contributed by atoms with E-state index in [4.69, 9.17) is 10.1 Å². The number of amidine groups is 1. The quantitative estimate of drug-likeness (QED) is 0.411. The molecule has 1 atom stereocenters. The van der Waals surface area contributed by atoms with Gasteiger partial charge in [0, 0.05) is 34.7 Å². The highest BCUT2D eigenvalue weighted by Crippen LogP contribution is 2.40. The van der Waals surface area contributed by atoms with Crippen molar-refractivity contribution in [3.63, 3.8) is 0 Å². The van der Waals surface area contributed by atoms with E-state index in [9.17, 15) is 9.90 Å². The summed E-state index contributed by atoms with van der Waals surface area (Å²) in [5, 5.41) is 20.0. The number of nitrogens with zero attached hydrogens (tertiary/aromatic N) is 1. The lowest BCUT2D eigenvalue weighted by molar-refractivity contribution is 0.0963. The van der Waals surface area contributed by atoms with Gasteiger partial charge in [-0.2, -0.15) is 0 Å². The Morgan fingerprint density at radius 3 is 2.22 bits per heavy atom. The number of aromatic hydroxyl groups is 1. The summed E-state index contributed by atoms with van der Waals surface area (Å²) in [6, 6.07) is 11.5.